The number of phenolic OH excluding ortho intramolecular Hbond substituents is 1. The number of aromatic hydroxyl groups is 1. The Morgan fingerprint density at radius 1 is 1.11 bits per heavy atom. The lowest BCUT2D eigenvalue weighted by molar-refractivity contribution is -0.107. The average Bonchev–Trinajstić information content (AvgIpc) is 3.85. The van der Waals surface area contributed by atoms with Gasteiger partial charge in [-0.05, 0) is 69.2 Å². The monoisotopic (exact) mass is 762 g/mol. The minimum atomic E-state index is -0.813. The summed E-state index contributed by atoms with van der Waals surface area (Å²) in [7, 11) is 2.84. The second kappa shape index (κ2) is 17.1. The van der Waals surface area contributed by atoms with Crippen LogP contribution in [0.1, 0.15) is 57.9 Å². The van der Waals surface area contributed by atoms with E-state index < -0.39 is 30.2 Å². The van der Waals surface area contributed by atoms with Gasteiger partial charge in [0.25, 0.3) is 0 Å². The summed E-state index contributed by atoms with van der Waals surface area (Å²) in [6.45, 7) is 6.17. The molecule has 292 valence electrons. The van der Waals surface area contributed by atoms with E-state index in [-0.39, 0.29) is 51.6 Å². The van der Waals surface area contributed by atoms with Crippen LogP contribution in [0, 0.1) is 24.0 Å². The number of amides is 1. The molecular weight excluding hydrogens is 717 g/mol. The lowest BCUT2D eigenvalue weighted by atomic mass is 9.96. The normalized spacial score (nSPS) is 21.9. The number of piperazine rings is 1. The van der Waals surface area contributed by atoms with Crippen molar-refractivity contribution in [1.29, 1.82) is 0 Å². The molecule has 55 heavy (non-hydrogen) atoms. The van der Waals surface area contributed by atoms with Crippen LogP contribution in [0.25, 0.3) is 32.9 Å². The fourth-order valence-corrected chi connectivity index (χ4v) is 7.95. The summed E-state index contributed by atoms with van der Waals surface area (Å²) in [6.07, 6.45) is 11.8. The number of carbonyl (C=O) groups excluding carboxylic acids is 2. The zero-order chi connectivity index (χ0) is 39.4. The summed E-state index contributed by atoms with van der Waals surface area (Å²) < 4.78 is 59.4. The van der Waals surface area contributed by atoms with Gasteiger partial charge in [-0.2, -0.15) is 9.97 Å². The van der Waals surface area contributed by atoms with Crippen molar-refractivity contribution in [2.45, 2.75) is 83.0 Å². The van der Waals surface area contributed by atoms with Crippen molar-refractivity contribution in [2.24, 2.45) is 0 Å². The Labute approximate surface area is 317 Å². The highest BCUT2D eigenvalue weighted by atomic mass is 19.1. The van der Waals surface area contributed by atoms with Crippen LogP contribution in [0.15, 0.2) is 30.5 Å². The van der Waals surface area contributed by atoms with Crippen LogP contribution in [0.5, 0.6) is 11.8 Å². The van der Waals surface area contributed by atoms with Crippen LogP contribution in [-0.4, -0.2) is 113 Å². The van der Waals surface area contributed by atoms with Gasteiger partial charge in [0.1, 0.15) is 41.1 Å². The van der Waals surface area contributed by atoms with Crippen molar-refractivity contribution < 1.29 is 42.1 Å². The molecule has 4 saturated heterocycles. The number of aldehydes is 1. The maximum Gasteiger partial charge on any atom is 0.412 e. The van der Waals surface area contributed by atoms with E-state index in [1.54, 1.807) is 11.8 Å². The number of halogens is 3. The van der Waals surface area contributed by atoms with Crippen molar-refractivity contribution in [2.75, 3.05) is 45.3 Å². The Morgan fingerprint density at radius 3 is 2.47 bits per heavy atom. The van der Waals surface area contributed by atoms with Crippen LogP contribution < -0.4 is 9.64 Å². The van der Waals surface area contributed by atoms with Crippen molar-refractivity contribution in [3.05, 3.63) is 47.7 Å². The number of aromatic nitrogens is 3. The quantitative estimate of drug-likeness (QED) is 0.133. The Balaban J connectivity index is 0.000000334. The molecule has 6 heterocycles. The van der Waals surface area contributed by atoms with Gasteiger partial charge in [-0.25, -0.2) is 18.0 Å². The van der Waals surface area contributed by atoms with Gasteiger partial charge in [0.15, 0.2) is 5.82 Å². The highest BCUT2D eigenvalue weighted by Gasteiger charge is 2.45. The minimum Gasteiger partial charge on any atom is -0.508 e. The highest BCUT2D eigenvalue weighted by Crippen LogP contribution is 2.40. The van der Waals surface area contributed by atoms with E-state index >= 15 is 4.39 Å². The minimum absolute atomic E-state index is 0.0622. The standard InChI is InChI=1S/C30H27F2N5O5.C7H12FN.C3H6O/c1-5-20-23(31)9-6-16-10-19(38)11-21(24(16)20)26-25(32)27-22(12-33-26)28(35-29(34-27)41-4)36-13-17-7-8-18(14-36)37(17)30(39)42-15(2)40-3;8-6-4-7-2-1-3-9(7)5-6;1-2-3-4/h1,6,9-12,15,17-18,38H,7-8,13-14H2,2-4H3;6-7H,1-5H2;3H,2H2,1H3/t;6-,7?;/m.1./s1. The topological polar surface area (TPSA) is 130 Å². The molecule has 5 atom stereocenters. The molecule has 4 fully saturated rings. The summed E-state index contributed by atoms with van der Waals surface area (Å²) in [6, 6.07) is 5.61. The summed E-state index contributed by atoms with van der Waals surface area (Å²) in [4.78, 5) is 41.2. The number of benzene rings is 2. The number of ether oxygens (including phenoxy) is 3. The number of hydrogen-bond donors (Lipinski definition) is 1. The number of hydrogen-bond acceptors (Lipinski definition) is 11. The molecular formula is C40H45F3N6O6. The number of phenols is 1. The zero-order valence-electron chi connectivity index (χ0n) is 31.3. The number of terminal acetylenes is 1. The molecule has 0 spiro atoms. The number of pyridine rings is 1. The van der Waals surface area contributed by atoms with E-state index in [0.29, 0.717) is 48.7 Å². The Hall–Kier alpha value is -5.20. The van der Waals surface area contributed by atoms with E-state index in [1.165, 1.54) is 57.5 Å². The van der Waals surface area contributed by atoms with E-state index in [9.17, 15) is 23.5 Å². The second-order valence-corrected chi connectivity index (χ2v) is 14.0. The van der Waals surface area contributed by atoms with E-state index in [0.717, 1.165) is 32.1 Å². The molecule has 15 heteroatoms. The molecule has 0 aliphatic carbocycles. The van der Waals surface area contributed by atoms with Gasteiger partial charge in [0, 0.05) is 56.4 Å². The lowest BCUT2D eigenvalue weighted by Crippen LogP contribution is -2.56. The smallest absolute Gasteiger partial charge is 0.412 e. The summed E-state index contributed by atoms with van der Waals surface area (Å²) in [5, 5.41) is 11.4. The first-order chi connectivity index (χ1) is 26.5. The first-order valence-corrected chi connectivity index (χ1v) is 18.4. The maximum absolute atomic E-state index is 16.4. The highest BCUT2D eigenvalue weighted by molar-refractivity contribution is 6.03. The first-order valence-electron chi connectivity index (χ1n) is 18.4. The van der Waals surface area contributed by atoms with Crippen molar-refractivity contribution in [3.8, 4) is 35.4 Å². The summed E-state index contributed by atoms with van der Waals surface area (Å²) in [5.41, 5.74) is -0.194. The molecule has 12 nitrogen and oxygen atoms in total. The summed E-state index contributed by atoms with van der Waals surface area (Å²) >= 11 is 0. The number of nitrogens with zero attached hydrogens (tertiary/aromatic N) is 6. The molecule has 4 aromatic rings. The molecule has 8 rings (SSSR count). The molecule has 1 N–H and O–H groups in total. The number of carbonyl (C=O) groups is 2. The van der Waals surface area contributed by atoms with Gasteiger partial charge >= 0.3 is 12.1 Å². The number of alkyl halides is 1. The average molecular weight is 763 g/mol. The fraction of sp³-hybridized carbons (Fsp3) is 0.475. The Morgan fingerprint density at radius 2 is 1.84 bits per heavy atom. The van der Waals surface area contributed by atoms with Gasteiger partial charge in [0.2, 0.25) is 6.29 Å². The molecule has 4 aliphatic rings. The molecule has 2 aromatic carbocycles. The molecule has 1 amide bonds. The number of rotatable bonds is 6. The molecule has 0 radical (unpaired) electrons. The van der Waals surface area contributed by atoms with Gasteiger partial charge in [-0.3, -0.25) is 14.8 Å². The number of anilines is 1. The number of methoxy groups -OCH3 is 2. The van der Waals surface area contributed by atoms with E-state index in [1.807, 2.05) is 11.8 Å². The van der Waals surface area contributed by atoms with Crippen LogP contribution in [0.4, 0.5) is 23.8 Å². The van der Waals surface area contributed by atoms with Crippen LogP contribution in [0.3, 0.4) is 0 Å². The molecule has 0 saturated carbocycles. The Bertz CT molecular complexity index is 2070. The predicted molar refractivity (Wildman–Crippen MR) is 201 cm³/mol. The lowest BCUT2D eigenvalue weighted by Gasteiger charge is -2.41. The third kappa shape index (κ3) is 8.11. The van der Waals surface area contributed by atoms with Gasteiger partial charge in [-0.1, -0.05) is 18.9 Å². The van der Waals surface area contributed by atoms with Gasteiger partial charge in [0.05, 0.1) is 30.1 Å². The second-order valence-electron chi connectivity index (χ2n) is 14.0. The molecule has 4 aliphatic heterocycles. The fourth-order valence-electron chi connectivity index (χ4n) is 7.95. The number of fused-ring (bicyclic) bond motifs is 5. The Kier molecular flexibility index (Phi) is 12.3. The van der Waals surface area contributed by atoms with Crippen molar-refractivity contribution in [3.63, 3.8) is 0 Å². The largest absolute Gasteiger partial charge is 0.508 e. The first kappa shape index (κ1) is 39.5. The third-order valence-corrected chi connectivity index (χ3v) is 10.5. The summed E-state index contributed by atoms with van der Waals surface area (Å²) in [5.74, 6) is 1.10. The van der Waals surface area contributed by atoms with Crippen LogP contribution in [-0.2, 0) is 14.3 Å². The van der Waals surface area contributed by atoms with Crippen LogP contribution in [0.2, 0.25) is 0 Å². The SMILES string of the molecule is C#Cc1c(F)ccc2cc(O)cc(-c3ncc4c(N5CC6CCC(C5)N6C(=O)OC(C)OC)nc(OC)nc4c3F)c12.CCC=O.F[C@@H]1CC2CCCN2C1. The third-order valence-electron chi connectivity index (χ3n) is 10.5. The van der Waals surface area contributed by atoms with Crippen LogP contribution >= 0.6 is 0 Å². The molecule has 4 unspecified atom stereocenters. The van der Waals surface area contributed by atoms with E-state index in [4.69, 9.17) is 20.6 Å². The maximum atomic E-state index is 16.4. The van der Waals surface area contributed by atoms with E-state index in [2.05, 4.69) is 25.8 Å². The molecule has 2 aromatic heterocycles. The van der Waals surface area contributed by atoms with Crippen molar-refractivity contribution >= 4 is 39.9 Å². The predicted octanol–water partition coefficient (Wildman–Crippen LogP) is 6.39. The van der Waals surface area contributed by atoms with Gasteiger partial charge < -0.3 is 29.0 Å². The zero-order valence-corrected chi connectivity index (χ0v) is 31.3. The molecule has 2 bridgehead atoms. The van der Waals surface area contributed by atoms with Gasteiger partial charge in [-0.15, -0.1) is 6.42 Å². The van der Waals surface area contributed by atoms with Crippen molar-refractivity contribution in [1.82, 2.24) is 24.8 Å².